The first-order valence-electron chi connectivity index (χ1n) is 6.87. The lowest BCUT2D eigenvalue weighted by molar-refractivity contribution is -0.150. The van der Waals surface area contributed by atoms with Gasteiger partial charge in [-0.2, -0.15) is 0 Å². The van der Waals surface area contributed by atoms with Crippen molar-refractivity contribution in [2.45, 2.75) is 39.0 Å². The van der Waals surface area contributed by atoms with E-state index in [9.17, 15) is 4.79 Å². The molecule has 0 aliphatic carbocycles. The minimum atomic E-state index is -0.758. The quantitative estimate of drug-likeness (QED) is 0.816. The Labute approximate surface area is 117 Å². The molecule has 0 aliphatic heterocycles. The van der Waals surface area contributed by atoms with Gasteiger partial charge in [0, 0.05) is 0 Å². The molecular formula is C14H20N4O2. The predicted octanol–water partition coefficient (Wildman–Crippen LogP) is 2.16. The molecule has 2 heterocycles. The largest absolute Gasteiger partial charge is 0.465 e. The van der Waals surface area contributed by atoms with Crippen LogP contribution in [-0.2, 0) is 14.9 Å². The van der Waals surface area contributed by atoms with Crippen LogP contribution in [0, 0.1) is 0 Å². The van der Waals surface area contributed by atoms with Crippen molar-refractivity contribution in [1.82, 2.24) is 15.0 Å². The number of carbonyl (C=O) groups is 1. The summed E-state index contributed by atoms with van der Waals surface area (Å²) < 4.78 is 5.22. The average molecular weight is 276 g/mol. The molecule has 6 heteroatoms. The van der Waals surface area contributed by atoms with Crippen molar-refractivity contribution in [3.8, 4) is 0 Å². The smallest absolute Gasteiger partial charge is 0.319 e. The van der Waals surface area contributed by atoms with Gasteiger partial charge in [0.15, 0.2) is 5.65 Å². The molecule has 0 unspecified atom stereocenters. The Bertz CT molecular complexity index is 617. The normalized spacial score (nSPS) is 11.8. The molecule has 2 aromatic rings. The zero-order valence-corrected chi connectivity index (χ0v) is 12.1. The molecule has 0 radical (unpaired) electrons. The number of rotatable bonds is 5. The van der Waals surface area contributed by atoms with Crippen LogP contribution in [0.3, 0.4) is 0 Å². The van der Waals surface area contributed by atoms with Crippen LogP contribution < -0.4 is 5.73 Å². The highest BCUT2D eigenvalue weighted by molar-refractivity contribution is 5.84. The number of nitrogen functional groups attached to an aromatic ring is 1. The first-order chi connectivity index (χ1) is 9.57. The maximum absolute atomic E-state index is 12.3. The number of H-pyrrole nitrogens is 1. The molecule has 0 aromatic carbocycles. The molecule has 0 saturated heterocycles. The number of hydrogen-bond donors (Lipinski definition) is 2. The van der Waals surface area contributed by atoms with E-state index in [0.717, 1.165) is 5.52 Å². The Balaban J connectivity index is 2.53. The van der Waals surface area contributed by atoms with Crippen molar-refractivity contribution in [3.05, 3.63) is 18.0 Å². The number of nitrogens with zero attached hydrogens (tertiary/aromatic N) is 2. The van der Waals surface area contributed by atoms with Gasteiger partial charge in [0.05, 0.1) is 12.1 Å². The van der Waals surface area contributed by atoms with E-state index in [-0.39, 0.29) is 5.97 Å². The number of imidazole rings is 1. The van der Waals surface area contributed by atoms with E-state index in [1.165, 1.54) is 0 Å². The van der Waals surface area contributed by atoms with Crippen LogP contribution in [0.4, 0.5) is 5.82 Å². The van der Waals surface area contributed by atoms with Crippen LogP contribution >= 0.6 is 0 Å². The van der Waals surface area contributed by atoms with Gasteiger partial charge in [0.1, 0.15) is 17.1 Å². The van der Waals surface area contributed by atoms with Crippen molar-refractivity contribution < 1.29 is 9.53 Å². The number of anilines is 1. The Morgan fingerprint density at radius 3 is 2.60 bits per heavy atom. The number of carbonyl (C=O) groups excluding carboxylic acids is 1. The van der Waals surface area contributed by atoms with Crippen LogP contribution in [0.15, 0.2) is 12.1 Å². The third-order valence-corrected chi connectivity index (χ3v) is 3.69. The van der Waals surface area contributed by atoms with Gasteiger partial charge in [-0.25, -0.2) is 9.97 Å². The number of aromatic amines is 1. The van der Waals surface area contributed by atoms with Gasteiger partial charge >= 0.3 is 5.97 Å². The van der Waals surface area contributed by atoms with Crippen LogP contribution in [-0.4, -0.2) is 27.5 Å². The number of aromatic nitrogens is 3. The van der Waals surface area contributed by atoms with Gasteiger partial charge in [0.2, 0.25) is 0 Å². The Hall–Kier alpha value is -2.11. The Morgan fingerprint density at radius 2 is 2.00 bits per heavy atom. The Kier molecular flexibility index (Phi) is 3.92. The summed E-state index contributed by atoms with van der Waals surface area (Å²) in [5.74, 6) is 0.747. The third kappa shape index (κ3) is 2.21. The van der Waals surface area contributed by atoms with Gasteiger partial charge in [-0.1, -0.05) is 13.8 Å². The van der Waals surface area contributed by atoms with E-state index in [2.05, 4.69) is 15.0 Å². The molecule has 108 valence electrons. The van der Waals surface area contributed by atoms with Gasteiger partial charge in [0.25, 0.3) is 0 Å². The number of nitrogens with two attached hydrogens (primary N) is 1. The maximum Gasteiger partial charge on any atom is 0.319 e. The van der Waals surface area contributed by atoms with Crippen molar-refractivity contribution >= 4 is 23.0 Å². The standard InChI is InChI=1S/C14H20N4O2/c1-4-14(5-2,13(19)20-6-3)12-16-9-7-8-10(15)17-11(9)18-12/h7-8H,4-6H2,1-3H3,(H3,15,16,17,18). The maximum atomic E-state index is 12.3. The predicted molar refractivity (Wildman–Crippen MR) is 77.2 cm³/mol. The second-order valence-electron chi connectivity index (χ2n) is 4.70. The van der Waals surface area contributed by atoms with E-state index in [4.69, 9.17) is 10.5 Å². The minimum absolute atomic E-state index is 0.253. The molecule has 0 amide bonds. The number of ether oxygens (including phenoxy) is 1. The van der Waals surface area contributed by atoms with Gasteiger partial charge < -0.3 is 15.5 Å². The van der Waals surface area contributed by atoms with Crippen LogP contribution in [0.1, 0.15) is 39.4 Å². The molecular weight excluding hydrogens is 256 g/mol. The number of pyridine rings is 1. The van der Waals surface area contributed by atoms with Crippen molar-refractivity contribution in [2.24, 2.45) is 0 Å². The second kappa shape index (κ2) is 5.48. The zero-order chi connectivity index (χ0) is 14.8. The van der Waals surface area contributed by atoms with E-state index in [1.54, 1.807) is 13.0 Å². The van der Waals surface area contributed by atoms with E-state index in [0.29, 0.717) is 36.7 Å². The molecule has 2 aromatic heterocycles. The summed E-state index contributed by atoms with van der Waals surface area (Å²) in [5.41, 5.74) is 6.19. The van der Waals surface area contributed by atoms with Gasteiger partial charge in [-0.3, -0.25) is 4.79 Å². The number of hydrogen-bond acceptors (Lipinski definition) is 5. The molecule has 0 atom stereocenters. The molecule has 0 aliphatic rings. The monoisotopic (exact) mass is 276 g/mol. The fourth-order valence-electron chi connectivity index (χ4n) is 2.37. The fraction of sp³-hybridized carbons (Fsp3) is 0.500. The van der Waals surface area contributed by atoms with Gasteiger partial charge in [-0.05, 0) is 31.9 Å². The third-order valence-electron chi connectivity index (χ3n) is 3.69. The van der Waals surface area contributed by atoms with Crippen molar-refractivity contribution in [1.29, 1.82) is 0 Å². The highest BCUT2D eigenvalue weighted by Gasteiger charge is 2.41. The molecule has 2 rings (SSSR count). The minimum Gasteiger partial charge on any atom is -0.465 e. The molecule has 0 spiro atoms. The molecule has 0 fully saturated rings. The molecule has 0 bridgehead atoms. The number of nitrogens with one attached hydrogen (secondary N) is 1. The summed E-state index contributed by atoms with van der Waals surface area (Å²) in [7, 11) is 0. The first-order valence-corrected chi connectivity index (χ1v) is 6.87. The second-order valence-corrected chi connectivity index (χ2v) is 4.70. The zero-order valence-electron chi connectivity index (χ0n) is 12.1. The molecule has 3 N–H and O–H groups in total. The van der Waals surface area contributed by atoms with Crippen molar-refractivity contribution in [2.75, 3.05) is 12.3 Å². The van der Waals surface area contributed by atoms with Crippen LogP contribution in [0.5, 0.6) is 0 Å². The summed E-state index contributed by atoms with van der Waals surface area (Å²) in [6.45, 7) is 6.06. The van der Waals surface area contributed by atoms with E-state index in [1.807, 2.05) is 19.9 Å². The topological polar surface area (TPSA) is 93.9 Å². The lowest BCUT2D eigenvalue weighted by Gasteiger charge is -2.26. The first kappa shape index (κ1) is 14.3. The summed E-state index contributed by atoms with van der Waals surface area (Å²) in [5, 5.41) is 0. The lowest BCUT2D eigenvalue weighted by atomic mass is 9.81. The van der Waals surface area contributed by atoms with Gasteiger partial charge in [-0.15, -0.1) is 0 Å². The molecule has 0 saturated carbocycles. The lowest BCUT2D eigenvalue weighted by Crippen LogP contribution is -2.37. The summed E-state index contributed by atoms with van der Waals surface area (Å²) in [6.07, 6.45) is 1.22. The number of fused-ring (bicyclic) bond motifs is 1. The summed E-state index contributed by atoms with van der Waals surface area (Å²) in [4.78, 5) is 24.1. The highest BCUT2D eigenvalue weighted by atomic mass is 16.5. The van der Waals surface area contributed by atoms with Crippen LogP contribution in [0.25, 0.3) is 11.2 Å². The van der Waals surface area contributed by atoms with Crippen LogP contribution in [0.2, 0.25) is 0 Å². The fourth-order valence-corrected chi connectivity index (χ4v) is 2.37. The molecule has 6 nitrogen and oxygen atoms in total. The SMILES string of the molecule is CCOC(=O)C(CC)(CC)c1nc2nc(N)ccc2[nH]1. The number of esters is 1. The highest BCUT2D eigenvalue weighted by Crippen LogP contribution is 2.32. The van der Waals surface area contributed by atoms with E-state index < -0.39 is 5.41 Å². The average Bonchev–Trinajstić information content (AvgIpc) is 2.84. The summed E-state index contributed by atoms with van der Waals surface area (Å²) >= 11 is 0. The Morgan fingerprint density at radius 1 is 1.30 bits per heavy atom. The van der Waals surface area contributed by atoms with Crippen molar-refractivity contribution in [3.63, 3.8) is 0 Å². The molecule has 20 heavy (non-hydrogen) atoms. The summed E-state index contributed by atoms with van der Waals surface area (Å²) in [6, 6.07) is 3.52. The van der Waals surface area contributed by atoms with E-state index >= 15 is 0 Å².